The average molecular weight is 873 g/mol. The monoisotopic (exact) mass is 873 g/mol. The molecule has 6 atom stereocenters. The molecule has 0 spiro atoms. The molecule has 0 amide bonds. The summed E-state index contributed by atoms with van der Waals surface area (Å²) in [5.74, 6) is 2.92. The molecule has 0 saturated heterocycles. The zero-order valence-corrected chi connectivity index (χ0v) is 39.4. The van der Waals surface area contributed by atoms with Gasteiger partial charge in [-0.1, -0.05) is 64.3 Å². The zero-order chi connectivity index (χ0) is 48.8. The Morgan fingerprint density at radius 2 is 1.53 bits per heavy atom. The minimum Gasteiger partial charge on any atom is -0.413 e. The number of alkyl halides is 7. The van der Waals surface area contributed by atoms with E-state index in [4.69, 9.17) is 21.5 Å². The summed E-state index contributed by atoms with van der Waals surface area (Å²) in [5, 5.41) is -0.0640. The second-order valence-corrected chi connectivity index (χ2v) is 34.2. The van der Waals surface area contributed by atoms with Crippen molar-refractivity contribution in [2.75, 3.05) is 0 Å². The molecule has 3 rings (SSSR count). The maximum atomic E-state index is 15.5. The van der Waals surface area contributed by atoms with Gasteiger partial charge in [0.05, 0.1) is 11.7 Å². The highest BCUT2D eigenvalue weighted by Crippen LogP contribution is 2.60. The fourth-order valence-corrected chi connectivity index (χ4v) is 12.7. The van der Waals surface area contributed by atoms with Gasteiger partial charge in [-0.2, -0.15) is 26.3 Å². The molecule has 0 aromatic rings. The van der Waals surface area contributed by atoms with Crippen molar-refractivity contribution >= 4 is 25.0 Å². The second kappa shape index (κ2) is 17.7. The van der Waals surface area contributed by atoms with Crippen LogP contribution in [-0.2, 0) is 13.3 Å². The minimum atomic E-state index is -5.91. The van der Waals surface area contributed by atoms with Crippen molar-refractivity contribution in [3.05, 3.63) is 35.5 Å². The molecule has 0 aromatic heterocycles. The molecule has 328 valence electrons. The molecule has 3 aliphatic carbocycles. The topological polar surface area (TPSA) is 27.7 Å². The average Bonchev–Trinajstić information content (AvgIpc) is 3.40. The Bertz CT molecular complexity index is 1720. The smallest absolute Gasteiger partial charge is 0.413 e. The number of allylic oxidation sites excluding steroid dienone is 4. The Morgan fingerprint density at radius 1 is 0.930 bits per heavy atom. The molecule has 57 heavy (non-hydrogen) atoms. The van der Waals surface area contributed by atoms with Crippen molar-refractivity contribution < 1.29 is 52.2 Å². The molecule has 3 fully saturated rings. The largest absolute Gasteiger partial charge is 0.437 e. The summed E-state index contributed by atoms with van der Waals surface area (Å²) >= 11 is 0. The van der Waals surface area contributed by atoms with E-state index in [1.54, 1.807) is 25.6 Å². The summed E-state index contributed by atoms with van der Waals surface area (Å²) < 4.78 is 171. The van der Waals surface area contributed by atoms with Crippen LogP contribution in [0.15, 0.2) is 35.5 Å². The third-order valence-electron chi connectivity index (χ3n) is 12.6. The van der Waals surface area contributed by atoms with Crippen molar-refractivity contribution in [3.63, 3.8) is 0 Å². The lowest BCUT2D eigenvalue weighted by atomic mass is 9.60. The highest BCUT2D eigenvalue weighted by molar-refractivity contribution is 6.74. The maximum absolute atomic E-state index is 15.5. The quantitative estimate of drug-likeness (QED) is 0.105. The van der Waals surface area contributed by atoms with Crippen LogP contribution in [0.3, 0.4) is 0 Å². The number of halogens is 7. The first-order valence-electron chi connectivity index (χ1n) is 23.5. The van der Waals surface area contributed by atoms with Crippen molar-refractivity contribution in [2.45, 2.75) is 205 Å². The first-order chi connectivity index (χ1) is 28.0. The lowest BCUT2D eigenvalue weighted by molar-refractivity contribution is -0.336. The zero-order valence-electron chi connectivity index (χ0n) is 42.4. The third kappa shape index (κ3) is 12.7. The van der Waals surface area contributed by atoms with E-state index < -0.39 is 92.6 Å². The van der Waals surface area contributed by atoms with Gasteiger partial charge in [-0.25, -0.2) is 4.39 Å². The van der Waals surface area contributed by atoms with E-state index in [1.165, 1.54) is 19.6 Å². The first kappa shape index (κ1) is 41.2. The van der Waals surface area contributed by atoms with Crippen LogP contribution in [0, 0.1) is 35.0 Å². The van der Waals surface area contributed by atoms with Crippen LogP contribution in [0.1, 0.15) is 120 Å². The molecule has 0 N–H and O–H groups in total. The maximum Gasteiger partial charge on any atom is 0.437 e. The lowest BCUT2D eigenvalue weighted by Gasteiger charge is -2.45. The molecule has 0 aliphatic heterocycles. The highest BCUT2D eigenvalue weighted by atomic mass is 28.4. The van der Waals surface area contributed by atoms with E-state index in [-0.39, 0.29) is 42.2 Å². The van der Waals surface area contributed by atoms with Crippen LogP contribution in [0.4, 0.5) is 30.7 Å². The molecule has 13 heteroatoms. The molecule has 0 heterocycles. The SMILES string of the molecule is [2H]C([2H])([2H])C(CCC[C@H](CC#CC(O[Si](C)(C)C)(C(F)(F)F)C(F)(F)F)[C@H]1CC[C@H]2/C(=C/C=C3/C[C@@H](O[Si](C)(C)C(C)(C)C)C[C@H](F)C3=C)CCC[C@]12C)(O[Si](C)(C)C)C([2H])([2H])[2H]. The van der Waals surface area contributed by atoms with Gasteiger partial charge in [-0.15, -0.1) is 0 Å². The van der Waals surface area contributed by atoms with E-state index >= 15 is 4.39 Å². The van der Waals surface area contributed by atoms with Gasteiger partial charge < -0.3 is 13.3 Å². The normalized spacial score (nSPS) is 30.1. The Balaban J connectivity index is 2.11. The Hall–Kier alpha value is -1.18. The predicted molar refractivity (Wildman–Crippen MR) is 227 cm³/mol. The van der Waals surface area contributed by atoms with Crippen molar-refractivity contribution in [3.8, 4) is 11.8 Å². The Morgan fingerprint density at radius 3 is 2.05 bits per heavy atom. The number of rotatable bonds is 13. The molecule has 3 saturated carbocycles. The van der Waals surface area contributed by atoms with Crippen LogP contribution in [0.25, 0.3) is 0 Å². The number of hydrogen-bond donors (Lipinski definition) is 0. The molecule has 0 aromatic carbocycles. The fraction of sp³-hybridized carbons (Fsp3) is 0.818. The van der Waals surface area contributed by atoms with Crippen LogP contribution in [-0.4, -0.2) is 60.8 Å². The van der Waals surface area contributed by atoms with E-state index in [0.29, 0.717) is 31.3 Å². The summed E-state index contributed by atoms with van der Waals surface area (Å²) in [4.78, 5) is 0. The second-order valence-electron chi connectivity index (χ2n) is 20.6. The predicted octanol–water partition coefficient (Wildman–Crippen LogP) is 14.7. The molecule has 0 radical (unpaired) electrons. The summed E-state index contributed by atoms with van der Waals surface area (Å²) in [7, 11) is -8.53. The molecule has 0 unspecified atom stereocenters. The van der Waals surface area contributed by atoms with Crippen LogP contribution < -0.4 is 0 Å². The van der Waals surface area contributed by atoms with Gasteiger partial charge in [0.15, 0.2) is 25.0 Å². The highest BCUT2D eigenvalue weighted by Gasteiger charge is 2.73. The van der Waals surface area contributed by atoms with Crippen molar-refractivity contribution in [1.82, 2.24) is 0 Å². The Labute approximate surface area is 352 Å². The van der Waals surface area contributed by atoms with Gasteiger partial charge in [0, 0.05) is 21.1 Å². The van der Waals surface area contributed by atoms with E-state index in [9.17, 15) is 26.3 Å². The number of fused-ring (bicyclic) bond motifs is 1. The van der Waals surface area contributed by atoms with Crippen LogP contribution in [0.5, 0.6) is 0 Å². The molecule has 3 nitrogen and oxygen atoms in total. The van der Waals surface area contributed by atoms with Gasteiger partial charge in [0.25, 0.3) is 0 Å². The summed E-state index contributed by atoms with van der Waals surface area (Å²) in [6.07, 6.45) is -6.03. The van der Waals surface area contributed by atoms with E-state index in [1.807, 2.05) is 12.2 Å². The number of hydrogen-bond acceptors (Lipinski definition) is 3. The van der Waals surface area contributed by atoms with Crippen molar-refractivity contribution in [1.29, 1.82) is 0 Å². The van der Waals surface area contributed by atoms with Gasteiger partial charge in [-0.3, -0.25) is 0 Å². The van der Waals surface area contributed by atoms with Gasteiger partial charge in [-0.05, 0) is 163 Å². The fourth-order valence-electron chi connectivity index (χ4n) is 9.00. The summed E-state index contributed by atoms with van der Waals surface area (Å²) in [6.45, 7) is 19.4. The van der Waals surface area contributed by atoms with E-state index in [0.717, 1.165) is 24.0 Å². The molecule has 3 aliphatic rings. The molecular weight excluding hydrogens is 794 g/mol. The third-order valence-corrected chi connectivity index (χ3v) is 19.0. The lowest BCUT2D eigenvalue weighted by Crippen LogP contribution is -2.61. The van der Waals surface area contributed by atoms with Crippen LogP contribution in [0.2, 0.25) is 57.4 Å². The van der Waals surface area contributed by atoms with Gasteiger partial charge in [0.1, 0.15) is 6.17 Å². The Kier molecular flexibility index (Phi) is 12.8. The van der Waals surface area contributed by atoms with Gasteiger partial charge >= 0.3 is 18.0 Å². The minimum absolute atomic E-state index is 0.0143. The van der Waals surface area contributed by atoms with Crippen molar-refractivity contribution in [2.24, 2.45) is 23.2 Å². The molecule has 0 bridgehead atoms. The van der Waals surface area contributed by atoms with E-state index in [2.05, 4.69) is 53.3 Å². The summed E-state index contributed by atoms with van der Waals surface area (Å²) in [5.41, 5.74) is -5.44. The molecular formula is C44H73F7O3Si3. The van der Waals surface area contributed by atoms with Gasteiger partial charge in [0.2, 0.25) is 0 Å². The summed E-state index contributed by atoms with van der Waals surface area (Å²) in [6, 6.07) is 0. The standard InChI is InChI=1S/C44H73F7O3Si3/c1-31-34(29-35(30-38(31)45)52-57(14,15)39(2,3)4)23-22-33-20-17-27-41(7)36(24-25-37(33)41)32(19-16-26-40(5,6)53-55(8,9)10)21-18-28-42(43(46,47)48,44(49,50)51)54-56(11,12)13/h22-23,32,35-38H,1,16-17,19-21,24-27,29-30H2,2-15H3/b33-22+,34-23-/t32-,35-,36-,37+,38+,41-/m1/s1/i5D3,6D3. The first-order valence-corrected chi connectivity index (χ1v) is 30.2. The van der Waals surface area contributed by atoms with Crippen LogP contribution >= 0.6 is 0 Å².